The van der Waals surface area contributed by atoms with Gasteiger partial charge in [0.15, 0.2) is 0 Å². The van der Waals surface area contributed by atoms with Crippen molar-refractivity contribution in [1.82, 2.24) is 4.72 Å². The van der Waals surface area contributed by atoms with E-state index in [-0.39, 0.29) is 0 Å². The van der Waals surface area contributed by atoms with Crippen LogP contribution in [0.1, 0.15) is 30.9 Å². The molecule has 0 amide bonds. The van der Waals surface area contributed by atoms with Crippen molar-refractivity contribution >= 4 is 21.6 Å². The SMILES string of the molecule is CCCCc1ccc(S(=O)(=O)NCCc2cccc(Cl)c2)cc1. The molecule has 0 bridgehead atoms. The van der Waals surface area contributed by atoms with E-state index in [0.717, 1.165) is 24.8 Å². The predicted octanol–water partition coefficient (Wildman–Crippen LogP) is 4.20. The summed E-state index contributed by atoms with van der Waals surface area (Å²) in [6, 6.07) is 14.6. The molecule has 5 heteroatoms. The molecule has 0 saturated carbocycles. The van der Waals surface area contributed by atoms with E-state index < -0.39 is 10.0 Å². The van der Waals surface area contributed by atoms with Crippen LogP contribution in [0.25, 0.3) is 0 Å². The number of hydrogen-bond donors (Lipinski definition) is 1. The molecule has 0 radical (unpaired) electrons. The summed E-state index contributed by atoms with van der Waals surface area (Å²) in [5, 5.41) is 0.660. The largest absolute Gasteiger partial charge is 0.240 e. The van der Waals surface area contributed by atoms with Crippen LogP contribution >= 0.6 is 11.6 Å². The maximum atomic E-state index is 12.3. The normalized spacial score (nSPS) is 11.6. The van der Waals surface area contributed by atoms with Crippen molar-refractivity contribution in [3.8, 4) is 0 Å². The molecule has 2 aromatic carbocycles. The summed E-state index contributed by atoms with van der Waals surface area (Å²) in [7, 11) is -3.46. The Balaban J connectivity index is 1.93. The van der Waals surface area contributed by atoms with Crippen molar-refractivity contribution in [2.75, 3.05) is 6.54 Å². The second-order valence-electron chi connectivity index (χ2n) is 5.53. The zero-order chi connectivity index (χ0) is 16.7. The molecule has 124 valence electrons. The van der Waals surface area contributed by atoms with Gasteiger partial charge in [0.05, 0.1) is 4.90 Å². The Morgan fingerprint density at radius 2 is 1.74 bits per heavy atom. The van der Waals surface area contributed by atoms with Gasteiger partial charge in [0, 0.05) is 11.6 Å². The highest BCUT2D eigenvalue weighted by Gasteiger charge is 2.13. The van der Waals surface area contributed by atoms with Crippen molar-refractivity contribution in [2.45, 2.75) is 37.5 Å². The molecule has 0 fully saturated rings. The molecule has 0 unspecified atom stereocenters. The molecule has 0 aliphatic rings. The minimum absolute atomic E-state index is 0.309. The lowest BCUT2D eigenvalue weighted by Crippen LogP contribution is -2.26. The van der Waals surface area contributed by atoms with Crippen LogP contribution in [0.5, 0.6) is 0 Å². The summed E-state index contributed by atoms with van der Waals surface area (Å²) in [6.45, 7) is 2.49. The molecule has 23 heavy (non-hydrogen) atoms. The molecule has 3 nitrogen and oxygen atoms in total. The first-order valence-electron chi connectivity index (χ1n) is 7.84. The first kappa shape index (κ1) is 18.0. The van der Waals surface area contributed by atoms with Crippen molar-refractivity contribution in [3.05, 3.63) is 64.7 Å². The summed E-state index contributed by atoms with van der Waals surface area (Å²) in [5.74, 6) is 0. The lowest BCUT2D eigenvalue weighted by Gasteiger charge is -2.08. The third-order valence-corrected chi connectivity index (χ3v) is 5.36. The third kappa shape index (κ3) is 5.65. The average Bonchev–Trinajstić information content (AvgIpc) is 2.53. The minimum Gasteiger partial charge on any atom is -0.211 e. The summed E-state index contributed by atoms with van der Waals surface area (Å²) >= 11 is 5.92. The Hall–Kier alpha value is -1.36. The lowest BCUT2D eigenvalue weighted by atomic mass is 10.1. The molecule has 2 aromatic rings. The molecule has 0 atom stereocenters. The molecule has 1 N–H and O–H groups in total. The highest BCUT2D eigenvalue weighted by Crippen LogP contribution is 2.13. The van der Waals surface area contributed by atoms with Crippen LogP contribution in [0.15, 0.2) is 53.4 Å². The van der Waals surface area contributed by atoms with Crippen LogP contribution < -0.4 is 4.72 Å². The van der Waals surface area contributed by atoms with E-state index in [0.29, 0.717) is 22.9 Å². The van der Waals surface area contributed by atoms with Gasteiger partial charge in [0.2, 0.25) is 10.0 Å². The number of halogens is 1. The first-order valence-corrected chi connectivity index (χ1v) is 9.70. The van der Waals surface area contributed by atoms with Gasteiger partial charge in [-0.25, -0.2) is 13.1 Å². The van der Waals surface area contributed by atoms with Gasteiger partial charge in [-0.15, -0.1) is 0 Å². The van der Waals surface area contributed by atoms with E-state index in [1.165, 1.54) is 5.56 Å². The van der Waals surface area contributed by atoms with Crippen LogP contribution in [-0.2, 0) is 22.9 Å². The first-order chi connectivity index (χ1) is 11.0. The fourth-order valence-electron chi connectivity index (χ4n) is 2.32. The Morgan fingerprint density at radius 1 is 1.00 bits per heavy atom. The standard InChI is InChI=1S/C18H22ClNO2S/c1-2-3-5-15-8-10-18(11-9-15)23(21,22)20-13-12-16-6-4-7-17(19)14-16/h4,6-11,14,20H,2-3,5,12-13H2,1H3. The van der Waals surface area contributed by atoms with Crippen LogP contribution in [0.3, 0.4) is 0 Å². The molecule has 0 heterocycles. The highest BCUT2D eigenvalue weighted by molar-refractivity contribution is 7.89. The smallest absolute Gasteiger partial charge is 0.211 e. The molecule has 0 aromatic heterocycles. The van der Waals surface area contributed by atoms with E-state index in [9.17, 15) is 8.42 Å². The van der Waals surface area contributed by atoms with E-state index in [2.05, 4.69) is 11.6 Å². The lowest BCUT2D eigenvalue weighted by molar-refractivity contribution is 0.581. The maximum Gasteiger partial charge on any atom is 0.240 e. The summed E-state index contributed by atoms with van der Waals surface area (Å²) in [4.78, 5) is 0.309. The van der Waals surface area contributed by atoms with E-state index in [1.807, 2.05) is 30.3 Å². The minimum atomic E-state index is -3.46. The fraction of sp³-hybridized carbons (Fsp3) is 0.333. The Labute approximate surface area is 143 Å². The summed E-state index contributed by atoms with van der Waals surface area (Å²) in [6.07, 6.45) is 3.84. The second-order valence-corrected chi connectivity index (χ2v) is 7.73. The molecular formula is C18H22ClNO2S. The Morgan fingerprint density at radius 3 is 2.39 bits per heavy atom. The van der Waals surface area contributed by atoms with Crippen molar-refractivity contribution in [3.63, 3.8) is 0 Å². The molecule has 0 spiro atoms. The number of aryl methyl sites for hydroxylation is 1. The molecule has 0 saturated heterocycles. The zero-order valence-electron chi connectivity index (χ0n) is 13.3. The topological polar surface area (TPSA) is 46.2 Å². The quantitative estimate of drug-likeness (QED) is 0.774. The zero-order valence-corrected chi connectivity index (χ0v) is 14.8. The number of sulfonamides is 1. The number of unbranched alkanes of at least 4 members (excludes halogenated alkanes) is 1. The molecule has 2 rings (SSSR count). The number of nitrogens with one attached hydrogen (secondary N) is 1. The fourth-order valence-corrected chi connectivity index (χ4v) is 3.57. The van der Waals surface area contributed by atoms with Gasteiger partial charge < -0.3 is 0 Å². The number of benzene rings is 2. The van der Waals surface area contributed by atoms with Gasteiger partial charge in [0.25, 0.3) is 0 Å². The van der Waals surface area contributed by atoms with Gasteiger partial charge in [-0.2, -0.15) is 0 Å². The monoisotopic (exact) mass is 351 g/mol. The van der Waals surface area contributed by atoms with Crippen molar-refractivity contribution in [1.29, 1.82) is 0 Å². The van der Waals surface area contributed by atoms with Gasteiger partial charge in [-0.05, 0) is 54.7 Å². The van der Waals surface area contributed by atoms with Crippen LogP contribution in [-0.4, -0.2) is 15.0 Å². The Bertz CT molecular complexity index is 727. The van der Waals surface area contributed by atoms with Crippen molar-refractivity contribution in [2.24, 2.45) is 0 Å². The van der Waals surface area contributed by atoms with E-state index in [1.54, 1.807) is 18.2 Å². The Kier molecular flexibility index (Phi) is 6.63. The predicted molar refractivity (Wildman–Crippen MR) is 95.4 cm³/mol. The summed E-state index contributed by atoms with van der Waals surface area (Å²) in [5.41, 5.74) is 2.18. The average molecular weight is 352 g/mol. The third-order valence-electron chi connectivity index (χ3n) is 3.65. The maximum absolute atomic E-state index is 12.3. The van der Waals surface area contributed by atoms with Crippen LogP contribution in [0, 0.1) is 0 Å². The molecular weight excluding hydrogens is 330 g/mol. The molecule has 0 aliphatic heterocycles. The highest BCUT2D eigenvalue weighted by atomic mass is 35.5. The number of rotatable bonds is 8. The van der Waals surface area contributed by atoms with Gasteiger partial charge in [-0.1, -0.05) is 49.2 Å². The van der Waals surface area contributed by atoms with Crippen molar-refractivity contribution < 1.29 is 8.42 Å². The molecule has 0 aliphatic carbocycles. The van der Waals surface area contributed by atoms with Gasteiger partial charge in [0.1, 0.15) is 0 Å². The summed E-state index contributed by atoms with van der Waals surface area (Å²) < 4.78 is 27.2. The van der Waals surface area contributed by atoms with E-state index >= 15 is 0 Å². The number of hydrogen-bond acceptors (Lipinski definition) is 2. The second kappa shape index (κ2) is 8.48. The van der Waals surface area contributed by atoms with Gasteiger partial charge in [-0.3, -0.25) is 0 Å². The van der Waals surface area contributed by atoms with Crippen LogP contribution in [0.2, 0.25) is 5.02 Å². The van der Waals surface area contributed by atoms with Gasteiger partial charge >= 0.3 is 0 Å². The van der Waals surface area contributed by atoms with Crippen LogP contribution in [0.4, 0.5) is 0 Å². The van der Waals surface area contributed by atoms with E-state index in [4.69, 9.17) is 11.6 Å².